The second-order valence-electron chi connectivity index (χ2n) is 7.30. The lowest BCUT2D eigenvalue weighted by molar-refractivity contribution is -0.121. The molecule has 3 rings (SSSR count). The molecule has 1 heterocycles. The van der Waals surface area contributed by atoms with Crippen LogP contribution in [-0.4, -0.2) is 70.6 Å². The molecule has 0 radical (unpaired) electrons. The van der Waals surface area contributed by atoms with E-state index in [2.05, 4.69) is 5.32 Å². The molecule has 8 nitrogen and oxygen atoms in total. The number of anilines is 1. The molecule has 1 aliphatic heterocycles. The molecule has 1 atom stereocenters. The van der Waals surface area contributed by atoms with Crippen molar-refractivity contribution in [1.29, 1.82) is 0 Å². The minimum absolute atomic E-state index is 0.0146. The molecular formula is C20H25N3O5S2. The van der Waals surface area contributed by atoms with Crippen LogP contribution in [0.3, 0.4) is 0 Å². The zero-order valence-electron chi connectivity index (χ0n) is 16.9. The molecule has 162 valence electrons. The average Bonchev–Trinajstić information content (AvgIpc) is 2.70. The van der Waals surface area contributed by atoms with E-state index >= 15 is 0 Å². The molecular weight excluding hydrogens is 426 g/mol. The van der Waals surface area contributed by atoms with Crippen LogP contribution in [0, 0.1) is 0 Å². The number of hydrogen-bond donors (Lipinski definition) is 1. The second kappa shape index (κ2) is 8.84. The summed E-state index contributed by atoms with van der Waals surface area (Å²) in [4.78, 5) is 15.1. The van der Waals surface area contributed by atoms with E-state index in [4.69, 9.17) is 0 Å². The summed E-state index contributed by atoms with van der Waals surface area (Å²) in [5.41, 5.74) is 1.23. The molecule has 0 aromatic heterocycles. The Hall–Kier alpha value is -2.27. The van der Waals surface area contributed by atoms with Gasteiger partial charge in [-0.05, 0) is 29.8 Å². The van der Waals surface area contributed by atoms with E-state index in [-0.39, 0.29) is 35.4 Å². The van der Waals surface area contributed by atoms with Crippen molar-refractivity contribution in [3.8, 4) is 0 Å². The maximum atomic E-state index is 13.1. The highest BCUT2D eigenvalue weighted by Crippen LogP contribution is 2.25. The van der Waals surface area contributed by atoms with Crippen molar-refractivity contribution in [2.75, 3.05) is 44.0 Å². The minimum Gasteiger partial charge on any atom is -0.324 e. The Kier molecular flexibility index (Phi) is 6.61. The highest BCUT2D eigenvalue weighted by atomic mass is 32.2. The zero-order chi connectivity index (χ0) is 21.9. The van der Waals surface area contributed by atoms with E-state index in [0.717, 1.165) is 9.87 Å². The number of benzene rings is 2. The fourth-order valence-corrected chi connectivity index (χ4v) is 5.41. The first-order valence-electron chi connectivity index (χ1n) is 9.43. The van der Waals surface area contributed by atoms with Crippen molar-refractivity contribution in [3.63, 3.8) is 0 Å². The van der Waals surface area contributed by atoms with E-state index in [9.17, 15) is 21.6 Å². The van der Waals surface area contributed by atoms with Crippen LogP contribution in [0.4, 0.5) is 5.69 Å². The van der Waals surface area contributed by atoms with Crippen molar-refractivity contribution >= 4 is 31.5 Å². The van der Waals surface area contributed by atoms with Crippen LogP contribution in [0.15, 0.2) is 59.5 Å². The Balaban J connectivity index is 1.82. The summed E-state index contributed by atoms with van der Waals surface area (Å²) in [6, 6.07) is 14.5. The fourth-order valence-electron chi connectivity index (χ4n) is 3.28. The molecule has 0 bridgehead atoms. The average molecular weight is 452 g/mol. The molecule has 1 saturated heterocycles. The smallest absolute Gasteiger partial charge is 0.246 e. The Morgan fingerprint density at radius 2 is 1.57 bits per heavy atom. The van der Waals surface area contributed by atoms with Crippen LogP contribution in [0.1, 0.15) is 11.6 Å². The molecule has 1 N–H and O–H groups in total. The zero-order valence-corrected chi connectivity index (χ0v) is 18.5. The molecule has 1 aliphatic rings. The van der Waals surface area contributed by atoms with Crippen LogP contribution < -0.4 is 5.32 Å². The number of sulfonamides is 1. The van der Waals surface area contributed by atoms with Gasteiger partial charge < -0.3 is 5.32 Å². The number of sulfone groups is 1. The molecule has 1 amide bonds. The molecule has 10 heteroatoms. The predicted octanol–water partition coefficient (Wildman–Crippen LogP) is 1.35. The van der Waals surface area contributed by atoms with Gasteiger partial charge in [-0.15, -0.1) is 0 Å². The van der Waals surface area contributed by atoms with Crippen molar-refractivity contribution in [3.05, 3.63) is 60.2 Å². The van der Waals surface area contributed by atoms with Gasteiger partial charge in [0.05, 0.1) is 16.4 Å². The van der Waals surface area contributed by atoms with Crippen LogP contribution in [0.25, 0.3) is 0 Å². The Labute approximate surface area is 177 Å². The maximum absolute atomic E-state index is 13.1. The van der Waals surface area contributed by atoms with Gasteiger partial charge in [0.15, 0.2) is 9.84 Å². The summed E-state index contributed by atoms with van der Waals surface area (Å²) in [7, 11) is -3.72. The first kappa shape index (κ1) is 22.4. The normalized spacial score (nSPS) is 18.1. The van der Waals surface area contributed by atoms with Crippen molar-refractivity contribution in [2.45, 2.75) is 10.9 Å². The van der Waals surface area contributed by atoms with Gasteiger partial charge in [-0.3, -0.25) is 9.69 Å². The third-order valence-corrected chi connectivity index (χ3v) is 8.45. The Bertz CT molecular complexity index is 1080. The summed E-state index contributed by atoms with van der Waals surface area (Å²) >= 11 is 0. The molecule has 0 saturated carbocycles. The summed E-state index contributed by atoms with van der Waals surface area (Å²) in [6.07, 6.45) is 0. The minimum atomic E-state index is -3.55. The van der Waals surface area contributed by atoms with Crippen LogP contribution in [0.2, 0.25) is 0 Å². The number of nitrogens with one attached hydrogen (secondary N) is 1. The van der Waals surface area contributed by atoms with Crippen molar-refractivity contribution in [1.82, 2.24) is 9.21 Å². The number of amides is 1. The highest BCUT2D eigenvalue weighted by Gasteiger charge is 2.32. The van der Waals surface area contributed by atoms with Gasteiger partial charge in [0.25, 0.3) is 0 Å². The molecule has 1 fully saturated rings. The van der Waals surface area contributed by atoms with Crippen LogP contribution in [0.5, 0.6) is 0 Å². The second-order valence-corrected chi connectivity index (χ2v) is 11.8. The first-order chi connectivity index (χ1) is 14.1. The third kappa shape index (κ3) is 5.07. The standard InChI is InChI=1S/C20H25N3O5S2/c1-22(2)30(27,28)18-10-8-17(9-11-18)21-20(24)19(16-6-4-3-5-7-16)23-12-14-29(25,26)15-13-23/h3-11,19H,12-15H2,1-2H3,(H,21,24). The molecule has 2 aromatic rings. The Morgan fingerprint density at radius 1 is 1.00 bits per heavy atom. The molecule has 30 heavy (non-hydrogen) atoms. The summed E-state index contributed by atoms with van der Waals surface area (Å²) in [6.45, 7) is 0.546. The third-order valence-electron chi connectivity index (χ3n) is 5.01. The number of hydrogen-bond acceptors (Lipinski definition) is 6. The predicted molar refractivity (Wildman–Crippen MR) is 115 cm³/mol. The topological polar surface area (TPSA) is 104 Å². The highest BCUT2D eigenvalue weighted by molar-refractivity contribution is 7.91. The monoisotopic (exact) mass is 451 g/mol. The largest absolute Gasteiger partial charge is 0.324 e. The lowest BCUT2D eigenvalue weighted by Crippen LogP contribution is -2.46. The van der Waals surface area contributed by atoms with Gasteiger partial charge in [-0.25, -0.2) is 21.1 Å². The van der Waals surface area contributed by atoms with Crippen molar-refractivity contribution < 1.29 is 21.6 Å². The SMILES string of the molecule is CN(C)S(=O)(=O)c1ccc(NC(=O)C(c2ccccc2)N2CCS(=O)(=O)CC2)cc1. The summed E-state index contributed by atoms with van der Waals surface area (Å²) < 4.78 is 49.1. The molecule has 0 spiro atoms. The number of nitrogens with zero attached hydrogens (tertiary/aromatic N) is 2. The number of rotatable bonds is 6. The van der Waals surface area contributed by atoms with Gasteiger partial charge in [-0.1, -0.05) is 30.3 Å². The van der Waals surface area contributed by atoms with Gasteiger partial charge in [0.1, 0.15) is 6.04 Å². The van der Waals surface area contributed by atoms with Crippen LogP contribution in [-0.2, 0) is 24.7 Å². The van der Waals surface area contributed by atoms with Gasteiger partial charge in [-0.2, -0.15) is 0 Å². The van der Waals surface area contributed by atoms with Crippen molar-refractivity contribution in [2.24, 2.45) is 0 Å². The maximum Gasteiger partial charge on any atom is 0.246 e. The van der Waals surface area contributed by atoms with Gasteiger partial charge in [0.2, 0.25) is 15.9 Å². The molecule has 2 aromatic carbocycles. The fraction of sp³-hybridized carbons (Fsp3) is 0.350. The van der Waals surface area contributed by atoms with Gasteiger partial charge in [0, 0.05) is 32.9 Å². The van der Waals surface area contributed by atoms with Gasteiger partial charge >= 0.3 is 0 Å². The molecule has 1 unspecified atom stereocenters. The lowest BCUT2D eigenvalue weighted by Gasteiger charge is -2.33. The summed E-state index contributed by atoms with van der Waals surface area (Å²) in [5.74, 6) is -0.273. The van der Waals surface area contributed by atoms with E-state index in [1.165, 1.54) is 38.4 Å². The van der Waals surface area contributed by atoms with E-state index in [1.807, 2.05) is 35.2 Å². The Morgan fingerprint density at radius 3 is 2.10 bits per heavy atom. The summed E-state index contributed by atoms with van der Waals surface area (Å²) in [5, 5.41) is 2.83. The number of carbonyl (C=O) groups is 1. The van der Waals surface area contributed by atoms with E-state index in [1.54, 1.807) is 0 Å². The molecule has 0 aliphatic carbocycles. The number of carbonyl (C=O) groups excluding carboxylic acids is 1. The van der Waals surface area contributed by atoms with Crippen LogP contribution >= 0.6 is 0 Å². The quantitative estimate of drug-likeness (QED) is 0.711. The van der Waals surface area contributed by atoms with E-state index < -0.39 is 25.9 Å². The lowest BCUT2D eigenvalue weighted by atomic mass is 10.0. The van der Waals surface area contributed by atoms with E-state index in [0.29, 0.717) is 5.69 Å². The first-order valence-corrected chi connectivity index (χ1v) is 12.7.